The minimum absolute atomic E-state index is 0.492. The molecule has 0 saturated heterocycles. The van der Waals surface area contributed by atoms with Gasteiger partial charge in [0.25, 0.3) is 0 Å². The fourth-order valence-corrected chi connectivity index (χ4v) is 2.36. The summed E-state index contributed by atoms with van der Waals surface area (Å²) in [6, 6.07) is 0.492. The van der Waals surface area contributed by atoms with Gasteiger partial charge in [0.1, 0.15) is 0 Å². The maximum Gasteiger partial charge on any atom is 0.00673 e. The predicted octanol–water partition coefficient (Wildman–Crippen LogP) is 2.16. The van der Waals surface area contributed by atoms with Gasteiger partial charge in [-0.25, -0.2) is 0 Å². The molecular formula is C9H20NP. The molecule has 0 bridgehead atoms. The minimum Gasteiger partial charge on any atom is -0.327 e. The Morgan fingerprint density at radius 3 is 2.64 bits per heavy atom. The average Bonchev–Trinajstić information content (AvgIpc) is 1.93. The summed E-state index contributed by atoms with van der Waals surface area (Å²) in [6.07, 6.45) is 6.66. The molecule has 1 aliphatic carbocycles. The van der Waals surface area contributed by atoms with Gasteiger partial charge in [-0.1, -0.05) is 19.8 Å². The van der Waals surface area contributed by atoms with Crippen molar-refractivity contribution < 1.29 is 0 Å². The molecule has 1 fully saturated rings. The number of hydrogen-bond acceptors (Lipinski definition) is 1. The Hall–Kier alpha value is 0.390. The molecule has 2 N–H and O–H groups in total. The van der Waals surface area contributed by atoms with Gasteiger partial charge in [-0.05, 0) is 30.8 Å². The fraction of sp³-hybridized carbons (Fsp3) is 1.00. The van der Waals surface area contributed by atoms with Crippen LogP contribution in [-0.4, -0.2) is 11.7 Å². The molecule has 4 unspecified atom stereocenters. The molecule has 0 spiro atoms. The van der Waals surface area contributed by atoms with Gasteiger partial charge in [-0.15, -0.1) is 9.24 Å². The Labute approximate surface area is 72.3 Å². The largest absolute Gasteiger partial charge is 0.327 e. The zero-order chi connectivity index (χ0) is 8.27. The molecule has 0 aromatic heterocycles. The monoisotopic (exact) mass is 173 g/mol. The molecule has 1 saturated carbocycles. The van der Waals surface area contributed by atoms with Crippen LogP contribution in [0.2, 0.25) is 0 Å². The first-order valence-corrected chi connectivity index (χ1v) is 5.38. The summed E-state index contributed by atoms with van der Waals surface area (Å²) in [4.78, 5) is 0. The highest BCUT2D eigenvalue weighted by Gasteiger charge is 2.21. The highest BCUT2D eigenvalue weighted by atomic mass is 31.0. The van der Waals surface area contributed by atoms with Crippen LogP contribution < -0.4 is 5.73 Å². The first kappa shape index (κ1) is 9.48. The highest BCUT2D eigenvalue weighted by molar-refractivity contribution is 7.17. The first-order valence-electron chi connectivity index (χ1n) is 4.71. The number of nitrogens with two attached hydrogens (primary N) is 1. The highest BCUT2D eigenvalue weighted by Crippen LogP contribution is 2.28. The minimum atomic E-state index is 0.492. The van der Waals surface area contributed by atoms with Gasteiger partial charge in [-0.3, -0.25) is 0 Å². The molecule has 2 heteroatoms. The second-order valence-electron chi connectivity index (χ2n) is 3.92. The quantitative estimate of drug-likeness (QED) is 0.636. The Balaban J connectivity index is 2.29. The van der Waals surface area contributed by atoms with Crippen LogP contribution in [0.1, 0.15) is 39.0 Å². The SMILES string of the molecule is CC(P)CC1CCCCC1N. The van der Waals surface area contributed by atoms with E-state index in [1.165, 1.54) is 32.1 Å². The summed E-state index contributed by atoms with van der Waals surface area (Å²) in [5.41, 5.74) is 6.76. The maximum atomic E-state index is 6.02. The Bertz CT molecular complexity index is 114. The van der Waals surface area contributed by atoms with E-state index >= 15 is 0 Å². The second kappa shape index (κ2) is 4.42. The van der Waals surface area contributed by atoms with Crippen molar-refractivity contribution in [1.82, 2.24) is 0 Å². The Morgan fingerprint density at radius 2 is 2.09 bits per heavy atom. The van der Waals surface area contributed by atoms with E-state index in [4.69, 9.17) is 5.73 Å². The van der Waals surface area contributed by atoms with Crippen LogP contribution in [-0.2, 0) is 0 Å². The van der Waals surface area contributed by atoms with Crippen molar-refractivity contribution in [3.05, 3.63) is 0 Å². The Kier molecular flexibility index (Phi) is 3.81. The van der Waals surface area contributed by atoms with E-state index in [2.05, 4.69) is 16.2 Å². The second-order valence-corrected chi connectivity index (χ2v) is 5.06. The van der Waals surface area contributed by atoms with Gasteiger partial charge < -0.3 is 5.73 Å². The standard InChI is InChI=1S/C9H20NP/c1-7(11)6-8-4-2-3-5-9(8)10/h7-9H,2-6,10-11H2,1H3. The van der Waals surface area contributed by atoms with E-state index in [1.54, 1.807) is 0 Å². The summed E-state index contributed by atoms with van der Waals surface area (Å²) >= 11 is 0. The van der Waals surface area contributed by atoms with E-state index in [0.29, 0.717) is 6.04 Å². The van der Waals surface area contributed by atoms with E-state index in [-0.39, 0.29) is 0 Å². The molecule has 11 heavy (non-hydrogen) atoms. The van der Waals surface area contributed by atoms with Crippen molar-refractivity contribution in [1.29, 1.82) is 0 Å². The van der Waals surface area contributed by atoms with Crippen molar-refractivity contribution >= 4 is 9.24 Å². The molecule has 1 rings (SSSR count). The molecular weight excluding hydrogens is 153 g/mol. The predicted molar refractivity (Wildman–Crippen MR) is 53.7 cm³/mol. The van der Waals surface area contributed by atoms with Crippen molar-refractivity contribution in [3.8, 4) is 0 Å². The molecule has 4 atom stereocenters. The van der Waals surface area contributed by atoms with Gasteiger partial charge in [0.05, 0.1) is 0 Å². The summed E-state index contributed by atoms with van der Waals surface area (Å²) in [5.74, 6) is 0.802. The van der Waals surface area contributed by atoms with Gasteiger partial charge in [0, 0.05) is 6.04 Å². The van der Waals surface area contributed by atoms with Gasteiger partial charge in [-0.2, -0.15) is 0 Å². The fourth-order valence-electron chi connectivity index (χ4n) is 2.01. The van der Waals surface area contributed by atoms with Crippen LogP contribution >= 0.6 is 9.24 Å². The summed E-state index contributed by atoms with van der Waals surface area (Å²) in [6.45, 7) is 2.26. The zero-order valence-corrected chi connectivity index (χ0v) is 8.58. The third-order valence-electron chi connectivity index (χ3n) is 2.64. The molecule has 0 aromatic carbocycles. The van der Waals surface area contributed by atoms with E-state index in [9.17, 15) is 0 Å². The molecule has 0 aliphatic heterocycles. The molecule has 0 aromatic rings. The summed E-state index contributed by atoms with van der Waals surface area (Å²) < 4.78 is 0. The lowest BCUT2D eigenvalue weighted by Crippen LogP contribution is -2.34. The molecule has 0 amide bonds. The van der Waals surface area contributed by atoms with Crippen LogP contribution in [0.25, 0.3) is 0 Å². The first-order chi connectivity index (χ1) is 5.20. The normalized spacial score (nSPS) is 35.2. The molecule has 66 valence electrons. The van der Waals surface area contributed by atoms with Gasteiger partial charge in [0.2, 0.25) is 0 Å². The topological polar surface area (TPSA) is 26.0 Å². The molecule has 0 heterocycles. The maximum absolute atomic E-state index is 6.02. The lowest BCUT2D eigenvalue weighted by Gasteiger charge is -2.29. The van der Waals surface area contributed by atoms with Crippen LogP contribution in [0, 0.1) is 5.92 Å². The van der Waals surface area contributed by atoms with Gasteiger partial charge >= 0.3 is 0 Å². The lowest BCUT2D eigenvalue weighted by atomic mass is 9.82. The molecule has 1 aliphatic rings. The summed E-state index contributed by atoms with van der Waals surface area (Å²) in [5, 5.41) is 0. The average molecular weight is 173 g/mol. The molecule has 1 nitrogen and oxygen atoms in total. The van der Waals surface area contributed by atoms with Crippen molar-refractivity contribution in [3.63, 3.8) is 0 Å². The third-order valence-corrected chi connectivity index (χ3v) is 2.91. The zero-order valence-electron chi connectivity index (χ0n) is 7.42. The van der Waals surface area contributed by atoms with Crippen LogP contribution in [0.5, 0.6) is 0 Å². The lowest BCUT2D eigenvalue weighted by molar-refractivity contribution is 0.292. The van der Waals surface area contributed by atoms with Crippen LogP contribution in [0.15, 0.2) is 0 Å². The number of hydrogen-bond donors (Lipinski definition) is 1. The van der Waals surface area contributed by atoms with Crippen LogP contribution in [0.3, 0.4) is 0 Å². The van der Waals surface area contributed by atoms with Crippen molar-refractivity contribution in [2.24, 2.45) is 11.7 Å². The van der Waals surface area contributed by atoms with Crippen molar-refractivity contribution in [2.45, 2.75) is 50.7 Å². The van der Waals surface area contributed by atoms with E-state index < -0.39 is 0 Å². The van der Waals surface area contributed by atoms with E-state index in [1.807, 2.05) is 0 Å². The van der Waals surface area contributed by atoms with Crippen molar-refractivity contribution in [2.75, 3.05) is 0 Å². The summed E-state index contributed by atoms with van der Waals surface area (Å²) in [7, 11) is 2.87. The van der Waals surface area contributed by atoms with E-state index in [0.717, 1.165) is 11.6 Å². The smallest absolute Gasteiger partial charge is 0.00673 e. The van der Waals surface area contributed by atoms with Gasteiger partial charge in [0.15, 0.2) is 0 Å². The molecule has 0 radical (unpaired) electrons. The van der Waals surface area contributed by atoms with Crippen LogP contribution in [0.4, 0.5) is 0 Å². The Morgan fingerprint density at radius 1 is 1.45 bits per heavy atom. The number of rotatable bonds is 2. The third kappa shape index (κ3) is 3.09.